The maximum Gasteiger partial charge on any atom is 0.438 e. The molecule has 12 heavy (non-hydrogen) atoms. The zero-order valence-electron chi connectivity index (χ0n) is 7.42. The van der Waals surface area contributed by atoms with Gasteiger partial charge in [0.15, 0.2) is 5.82 Å². The molecule has 5 heteroatoms. The number of H-pyrrole nitrogens is 1. The molecule has 1 aromatic heterocycles. The quantitative estimate of drug-likeness (QED) is 0.640. The smallest absolute Gasteiger partial charge is 0.321 e. The van der Waals surface area contributed by atoms with Gasteiger partial charge >= 0.3 is 5.76 Å². The minimum Gasteiger partial charge on any atom is -0.321 e. The van der Waals surface area contributed by atoms with E-state index >= 15 is 0 Å². The third-order valence-corrected chi connectivity index (χ3v) is 1.68. The number of hydrogen-bond acceptors (Lipinski definition) is 4. The molecule has 1 aromatic rings. The highest BCUT2D eigenvalue weighted by molar-refractivity contribution is 4.94. The minimum absolute atomic E-state index is 0.139. The van der Waals surface area contributed by atoms with E-state index in [-0.39, 0.29) is 11.5 Å². The summed E-state index contributed by atoms with van der Waals surface area (Å²) in [4.78, 5) is 13.0. The van der Waals surface area contributed by atoms with Crippen LogP contribution in [0.2, 0.25) is 0 Å². The van der Waals surface area contributed by atoms with Gasteiger partial charge in [-0.05, 0) is 5.41 Å². The molecule has 0 saturated heterocycles. The van der Waals surface area contributed by atoms with Crippen LogP contribution in [0.25, 0.3) is 0 Å². The van der Waals surface area contributed by atoms with Crippen LogP contribution in [-0.2, 0) is 0 Å². The molecule has 1 unspecified atom stereocenters. The Morgan fingerprint density at radius 1 is 1.58 bits per heavy atom. The lowest BCUT2D eigenvalue weighted by Gasteiger charge is -2.23. The summed E-state index contributed by atoms with van der Waals surface area (Å²) in [6, 6.07) is -0.316. The van der Waals surface area contributed by atoms with Crippen molar-refractivity contribution in [1.29, 1.82) is 0 Å². The molecule has 5 nitrogen and oxygen atoms in total. The number of aromatic nitrogens is 2. The third-order valence-electron chi connectivity index (χ3n) is 1.68. The first-order chi connectivity index (χ1) is 5.41. The number of aromatic amines is 1. The predicted octanol–water partition coefficient (Wildman–Crippen LogP) is 0.409. The van der Waals surface area contributed by atoms with Gasteiger partial charge < -0.3 is 5.73 Å². The SMILES string of the molecule is CC(C)(C)C(N)c1noc(=O)[nH]1. The Hall–Kier alpha value is -1.10. The molecule has 3 N–H and O–H groups in total. The lowest BCUT2D eigenvalue weighted by Crippen LogP contribution is -2.27. The van der Waals surface area contributed by atoms with Crippen molar-refractivity contribution in [3.63, 3.8) is 0 Å². The average Bonchev–Trinajstić information content (AvgIpc) is 2.32. The molecule has 0 radical (unpaired) electrons. The molecule has 1 rings (SSSR count). The molecule has 0 saturated carbocycles. The fraction of sp³-hybridized carbons (Fsp3) is 0.714. The van der Waals surface area contributed by atoms with Gasteiger partial charge in [-0.3, -0.25) is 9.51 Å². The van der Waals surface area contributed by atoms with Gasteiger partial charge in [0.1, 0.15) is 0 Å². The predicted molar refractivity (Wildman–Crippen MR) is 43.5 cm³/mol. The molecular formula is C7H13N3O2. The second-order valence-electron chi connectivity index (χ2n) is 3.82. The van der Waals surface area contributed by atoms with E-state index in [1.165, 1.54) is 0 Å². The number of hydrogen-bond donors (Lipinski definition) is 2. The first kappa shape index (κ1) is 8.99. The van der Waals surface area contributed by atoms with Crippen LogP contribution in [0.15, 0.2) is 9.32 Å². The van der Waals surface area contributed by atoms with Crippen LogP contribution in [0, 0.1) is 5.41 Å². The largest absolute Gasteiger partial charge is 0.438 e. The second kappa shape index (κ2) is 2.75. The molecule has 68 valence electrons. The van der Waals surface area contributed by atoms with Crippen LogP contribution >= 0.6 is 0 Å². The lowest BCUT2D eigenvalue weighted by molar-refractivity contribution is 0.301. The van der Waals surface area contributed by atoms with Gasteiger partial charge in [0.25, 0.3) is 0 Å². The summed E-state index contributed by atoms with van der Waals surface area (Å²) in [5.41, 5.74) is 5.65. The molecule has 1 heterocycles. The number of nitrogens with two attached hydrogens (primary N) is 1. The van der Waals surface area contributed by atoms with Crippen LogP contribution < -0.4 is 11.5 Å². The van der Waals surface area contributed by atoms with Crippen molar-refractivity contribution in [2.75, 3.05) is 0 Å². The van der Waals surface area contributed by atoms with E-state index in [1.54, 1.807) is 0 Å². The highest BCUT2D eigenvalue weighted by Crippen LogP contribution is 2.27. The van der Waals surface area contributed by atoms with Crippen molar-refractivity contribution in [3.05, 3.63) is 16.4 Å². The van der Waals surface area contributed by atoms with E-state index < -0.39 is 5.76 Å². The number of rotatable bonds is 1. The molecule has 0 aliphatic rings. The van der Waals surface area contributed by atoms with Gasteiger partial charge in [0, 0.05) is 0 Å². The van der Waals surface area contributed by atoms with Crippen molar-refractivity contribution in [2.45, 2.75) is 26.8 Å². The Labute approximate surface area is 69.9 Å². The molecule has 1 atom stereocenters. The minimum atomic E-state index is -0.565. The van der Waals surface area contributed by atoms with Crippen LogP contribution in [-0.4, -0.2) is 10.1 Å². The van der Waals surface area contributed by atoms with Crippen LogP contribution in [0.4, 0.5) is 0 Å². The Morgan fingerprint density at radius 2 is 2.17 bits per heavy atom. The molecule has 0 spiro atoms. The van der Waals surface area contributed by atoms with Crippen molar-refractivity contribution < 1.29 is 4.52 Å². The van der Waals surface area contributed by atoms with Gasteiger partial charge in [0.05, 0.1) is 6.04 Å². The lowest BCUT2D eigenvalue weighted by atomic mass is 9.87. The third kappa shape index (κ3) is 1.73. The van der Waals surface area contributed by atoms with E-state index in [0.717, 1.165) is 0 Å². The Balaban J connectivity index is 2.92. The summed E-state index contributed by atoms with van der Waals surface area (Å²) >= 11 is 0. The standard InChI is InChI=1S/C7H13N3O2/c1-7(2,3)4(8)5-9-6(11)12-10-5/h4H,8H2,1-3H3,(H,9,10,11). The summed E-state index contributed by atoms with van der Waals surface area (Å²) < 4.78 is 4.34. The zero-order valence-corrected chi connectivity index (χ0v) is 7.42. The maximum atomic E-state index is 10.6. The van der Waals surface area contributed by atoms with E-state index in [1.807, 2.05) is 20.8 Å². The monoisotopic (exact) mass is 171 g/mol. The summed E-state index contributed by atoms with van der Waals surface area (Å²) in [7, 11) is 0. The Bertz CT molecular complexity index is 307. The second-order valence-corrected chi connectivity index (χ2v) is 3.82. The fourth-order valence-corrected chi connectivity index (χ4v) is 0.786. The normalized spacial score (nSPS) is 14.7. The topological polar surface area (TPSA) is 84.9 Å². The van der Waals surface area contributed by atoms with E-state index in [4.69, 9.17) is 5.73 Å². The highest BCUT2D eigenvalue weighted by Gasteiger charge is 2.25. The molecule has 0 fully saturated rings. The van der Waals surface area contributed by atoms with E-state index in [9.17, 15) is 4.79 Å². The summed E-state index contributed by atoms with van der Waals surface area (Å²) in [5.74, 6) is -0.169. The summed E-state index contributed by atoms with van der Waals surface area (Å²) in [6.07, 6.45) is 0. The maximum absolute atomic E-state index is 10.6. The number of nitrogens with zero attached hydrogens (tertiary/aromatic N) is 1. The van der Waals surface area contributed by atoms with Crippen LogP contribution in [0.3, 0.4) is 0 Å². The molecular weight excluding hydrogens is 158 g/mol. The molecule has 0 aromatic carbocycles. The first-order valence-electron chi connectivity index (χ1n) is 3.73. The van der Waals surface area contributed by atoms with Crippen molar-refractivity contribution in [3.8, 4) is 0 Å². The fourth-order valence-electron chi connectivity index (χ4n) is 0.786. The molecule has 0 amide bonds. The van der Waals surface area contributed by atoms with E-state index in [2.05, 4.69) is 14.7 Å². The van der Waals surface area contributed by atoms with Gasteiger partial charge in [-0.25, -0.2) is 4.79 Å². The molecule has 0 aliphatic heterocycles. The van der Waals surface area contributed by atoms with Gasteiger partial charge in [-0.2, -0.15) is 0 Å². The average molecular weight is 171 g/mol. The summed E-state index contributed by atoms with van der Waals surface area (Å²) in [6.45, 7) is 5.89. The molecule has 0 bridgehead atoms. The van der Waals surface area contributed by atoms with Gasteiger partial charge in [-0.1, -0.05) is 25.9 Å². The van der Waals surface area contributed by atoms with Crippen molar-refractivity contribution >= 4 is 0 Å². The Morgan fingerprint density at radius 3 is 2.50 bits per heavy atom. The Kier molecular flexibility index (Phi) is 2.06. The highest BCUT2D eigenvalue weighted by atomic mass is 16.5. The van der Waals surface area contributed by atoms with Crippen molar-refractivity contribution in [2.24, 2.45) is 11.1 Å². The van der Waals surface area contributed by atoms with E-state index in [0.29, 0.717) is 5.82 Å². The van der Waals surface area contributed by atoms with Crippen LogP contribution in [0.5, 0.6) is 0 Å². The zero-order chi connectivity index (χ0) is 9.35. The number of nitrogens with one attached hydrogen (secondary N) is 1. The first-order valence-corrected chi connectivity index (χ1v) is 3.73. The van der Waals surface area contributed by atoms with Gasteiger partial charge in [-0.15, -0.1) is 0 Å². The summed E-state index contributed by atoms with van der Waals surface area (Å²) in [5, 5.41) is 3.51. The van der Waals surface area contributed by atoms with Crippen molar-refractivity contribution in [1.82, 2.24) is 10.1 Å². The van der Waals surface area contributed by atoms with Gasteiger partial charge in [0.2, 0.25) is 0 Å². The molecule has 0 aliphatic carbocycles. The van der Waals surface area contributed by atoms with Crippen LogP contribution in [0.1, 0.15) is 32.6 Å².